The fraction of sp³-hybridized carbons (Fsp3) is 0.400. The number of hydrogen-bond acceptors (Lipinski definition) is 11. The molecule has 6 aromatic rings. The molecule has 0 radical (unpaired) electrons. The van der Waals surface area contributed by atoms with Crippen LogP contribution < -0.4 is 25.0 Å². The Morgan fingerprint density at radius 3 is 1.96 bits per heavy atom. The number of pyridine rings is 2. The molecule has 0 spiro atoms. The molecule has 2 saturated heterocycles. The molecule has 0 aromatic carbocycles. The second-order valence-corrected chi connectivity index (χ2v) is 15.5. The number of anilines is 4. The van der Waals surface area contributed by atoms with Gasteiger partial charge in [0.1, 0.15) is 30.2 Å². The van der Waals surface area contributed by atoms with Crippen LogP contribution in [0.4, 0.5) is 23.3 Å². The quantitative estimate of drug-likeness (QED) is 0.199. The van der Waals surface area contributed by atoms with Crippen LogP contribution >= 0.6 is 0 Å². The van der Waals surface area contributed by atoms with Gasteiger partial charge in [-0.2, -0.15) is 0 Å². The van der Waals surface area contributed by atoms with Gasteiger partial charge in [-0.1, -0.05) is 9.61 Å². The highest BCUT2D eigenvalue weighted by molar-refractivity contribution is 6.03. The van der Waals surface area contributed by atoms with Gasteiger partial charge in [0.2, 0.25) is 0 Å². The minimum Gasteiger partial charge on any atom is -0.354 e. The van der Waals surface area contributed by atoms with Crippen molar-refractivity contribution in [3.63, 3.8) is 0 Å². The number of aromatic nitrogens is 8. The van der Waals surface area contributed by atoms with E-state index in [-0.39, 0.29) is 11.8 Å². The molecule has 2 aliphatic heterocycles. The molecule has 290 valence electrons. The maximum atomic E-state index is 13.9. The van der Waals surface area contributed by atoms with Crippen molar-refractivity contribution in [2.45, 2.75) is 52.2 Å². The second kappa shape index (κ2) is 14.9. The van der Waals surface area contributed by atoms with Crippen LogP contribution in [0.15, 0.2) is 60.9 Å². The molecule has 2 amide bonds. The molecule has 2 fully saturated rings. The highest BCUT2D eigenvalue weighted by atomic mass is 16.2. The monoisotopic (exact) mass is 757 g/mol. The molecular weight excluding hydrogens is 709 g/mol. The van der Waals surface area contributed by atoms with Crippen molar-refractivity contribution in [1.29, 1.82) is 0 Å². The van der Waals surface area contributed by atoms with Gasteiger partial charge in [-0.15, -0.1) is 5.10 Å². The molecule has 8 rings (SSSR count). The minimum atomic E-state index is -0.366. The zero-order valence-corrected chi connectivity index (χ0v) is 33.1. The predicted molar refractivity (Wildman–Crippen MR) is 215 cm³/mol. The van der Waals surface area contributed by atoms with Crippen molar-refractivity contribution >= 4 is 46.4 Å². The fourth-order valence-electron chi connectivity index (χ4n) is 7.77. The van der Waals surface area contributed by atoms with E-state index in [4.69, 9.17) is 15.2 Å². The number of fused-ring (bicyclic) bond motifs is 2. The zero-order chi connectivity index (χ0) is 39.2. The first-order valence-electron chi connectivity index (χ1n) is 19.0. The summed E-state index contributed by atoms with van der Waals surface area (Å²) in [5.74, 6) is 1.79. The van der Waals surface area contributed by atoms with Crippen molar-refractivity contribution < 1.29 is 14.2 Å². The van der Waals surface area contributed by atoms with Gasteiger partial charge in [0.25, 0.3) is 11.6 Å². The molecule has 6 aromatic heterocycles. The summed E-state index contributed by atoms with van der Waals surface area (Å²) in [4.78, 5) is 50.5. The van der Waals surface area contributed by atoms with Crippen molar-refractivity contribution in [2.24, 2.45) is 0 Å². The van der Waals surface area contributed by atoms with Gasteiger partial charge >= 0.3 is 11.6 Å². The summed E-state index contributed by atoms with van der Waals surface area (Å²) >= 11 is 0. The van der Waals surface area contributed by atoms with Gasteiger partial charge in [0.15, 0.2) is 17.2 Å². The summed E-state index contributed by atoms with van der Waals surface area (Å²) in [6.45, 7) is 9.65. The molecule has 0 bridgehead atoms. The lowest BCUT2D eigenvalue weighted by atomic mass is 10.2. The molecule has 8 heterocycles. The van der Waals surface area contributed by atoms with Crippen molar-refractivity contribution in [2.75, 3.05) is 74.8 Å². The Labute approximate surface area is 325 Å². The molecule has 16 nitrogen and oxygen atoms in total. The summed E-state index contributed by atoms with van der Waals surface area (Å²) in [7, 11) is 8.39. The Bertz CT molecular complexity index is 2430. The SMILES string of the molecule is Cc1cc(C[n+]2cc(C(=O)Nc3cc(C)cc(C)n3)n3nc(N4CCC(N(C)C)C4)ccc32)nc(NC(=O)c2cnc3ccc(N4CCC(N(C)C)C4)nn23)c1. The van der Waals surface area contributed by atoms with Gasteiger partial charge in [-0.25, -0.2) is 24.0 Å². The third-order valence-electron chi connectivity index (χ3n) is 10.8. The molecule has 2 atom stereocenters. The van der Waals surface area contributed by atoms with Gasteiger partial charge in [-0.05, 0) is 115 Å². The maximum Gasteiger partial charge on any atom is 0.308 e. The summed E-state index contributed by atoms with van der Waals surface area (Å²) in [6.07, 6.45) is 5.42. The summed E-state index contributed by atoms with van der Waals surface area (Å²) in [5, 5.41) is 15.8. The van der Waals surface area contributed by atoms with Crippen LogP contribution in [0, 0.1) is 20.8 Å². The number of carbonyl (C=O) groups is 2. The van der Waals surface area contributed by atoms with Crippen LogP contribution in [0.25, 0.3) is 11.3 Å². The maximum absolute atomic E-state index is 13.9. The summed E-state index contributed by atoms with van der Waals surface area (Å²) < 4.78 is 5.25. The van der Waals surface area contributed by atoms with E-state index in [9.17, 15) is 9.59 Å². The van der Waals surface area contributed by atoms with Gasteiger partial charge < -0.3 is 30.2 Å². The van der Waals surface area contributed by atoms with E-state index in [0.29, 0.717) is 58.6 Å². The van der Waals surface area contributed by atoms with E-state index in [2.05, 4.69) is 68.4 Å². The van der Waals surface area contributed by atoms with Crippen LogP contribution in [0.5, 0.6) is 0 Å². The van der Waals surface area contributed by atoms with E-state index in [1.807, 2.05) is 73.9 Å². The van der Waals surface area contributed by atoms with Crippen LogP contribution in [-0.2, 0) is 6.54 Å². The van der Waals surface area contributed by atoms with Gasteiger partial charge in [0, 0.05) is 50.0 Å². The number of imidazole rings is 2. The molecule has 2 unspecified atom stereocenters. The van der Waals surface area contributed by atoms with Crippen molar-refractivity contribution in [3.05, 3.63) is 94.8 Å². The largest absolute Gasteiger partial charge is 0.354 e. The highest BCUT2D eigenvalue weighted by Gasteiger charge is 2.30. The van der Waals surface area contributed by atoms with E-state index in [0.717, 1.165) is 67.5 Å². The molecule has 0 aliphatic carbocycles. The van der Waals surface area contributed by atoms with Crippen LogP contribution in [0.2, 0.25) is 0 Å². The number of likely N-dealkylation sites (N-methyl/N-ethyl adjacent to an activating group) is 2. The van der Waals surface area contributed by atoms with Crippen molar-refractivity contribution in [3.8, 4) is 0 Å². The molecule has 2 N–H and O–H groups in total. The lowest BCUT2D eigenvalue weighted by molar-refractivity contribution is -0.662. The molecular formula is C40H49N14O2+. The topological polar surface area (TPSA) is 148 Å². The number of rotatable bonds is 10. The number of amides is 2. The molecule has 56 heavy (non-hydrogen) atoms. The Morgan fingerprint density at radius 2 is 1.34 bits per heavy atom. The average molecular weight is 758 g/mol. The normalized spacial score (nSPS) is 17.2. The first-order chi connectivity index (χ1) is 26.9. The highest BCUT2D eigenvalue weighted by Crippen LogP contribution is 2.23. The third-order valence-corrected chi connectivity index (χ3v) is 10.8. The lowest BCUT2D eigenvalue weighted by Gasteiger charge is -2.21. The lowest BCUT2D eigenvalue weighted by Crippen LogP contribution is -2.34. The smallest absolute Gasteiger partial charge is 0.308 e. The van der Waals surface area contributed by atoms with Crippen LogP contribution in [-0.4, -0.2) is 122 Å². The first kappa shape index (κ1) is 36.9. The minimum absolute atomic E-state index is 0.314. The Hall–Kier alpha value is -6.00. The first-order valence-corrected chi connectivity index (χ1v) is 19.0. The van der Waals surface area contributed by atoms with Crippen LogP contribution in [0.3, 0.4) is 0 Å². The van der Waals surface area contributed by atoms with Crippen LogP contribution in [0.1, 0.15) is 56.3 Å². The van der Waals surface area contributed by atoms with E-state index in [1.165, 1.54) is 6.20 Å². The second-order valence-electron chi connectivity index (χ2n) is 15.5. The molecule has 2 aliphatic rings. The van der Waals surface area contributed by atoms with E-state index < -0.39 is 0 Å². The standard InChI is InChI=1S/C40H48N14O2/c1-25-16-27(3)42-33(18-25)44-40(56)32-24-52(38-11-10-37(47-54(32)38)51-15-13-30(23-51)49(6)7)21-28-17-26(2)19-34(43-28)45-39(55)31-20-41-35-8-9-36(46-53(31)35)50-14-12-29(22-50)48(4)5/h8-11,16-20,24,29-30H,12-15,21-23H2,1-7H3,(H-,42,43,44,45,55,56)/p+1. The van der Waals surface area contributed by atoms with Gasteiger partial charge in [-0.3, -0.25) is 9.59 Å². The summed E-state index contributed by atoms with van der Waals surface area (Å²) in [5.41, 5.74) is 5.41. The number of aryl methyl sites for hydroxylation is 3. The molecule has 0 saturated carbocycles. The Balaban J connectivity index is 1.07. The van der Waals surface area contributed by atoms with Crippen molar-refractivity contribution in [1.82, 2.24) is 44.0 Å². The average Bonchev–Trinajstić information content (AvgIpc) is 3.96. The number of nitrogens with one attached hydrogen (secondary N) is 2. The predicted octanol–water partition coefficient (Wildman–Crippen LogP) is 3.21. The third kappa shape index (κ3) is 7.49. The summed E-state index contributed by atoms with van der Waals surface area (Å²) in [6, 6.07) is 16.3. The number of carbonyl (C=O) groups excluding carboxylic acids is 2. The van der Waals surface area contributed by atoms with E-state index in [1.54, 1.807) is 15.2 Å². The fourth-order valence-corrected chi connectivity index (χ4v) is 7.77. The Morgan fingerprint density at radius 1 is 0.750 bits per heavy atom. The Kier molecular flexibility index (Phi) is 9.84. The zero-order valence-electron chi connectivity index (χ0n) is 33.1. The number of hydrogen-bond donors (Lipinski definition) is 2. The number of nitrogens with zero attached hydrogens (tertiary/aromatic N) is 12. The molecule has 16 heteroatoms. The van der Waals surface area contributed by atoms with Gasteiger partial charge in [0.05, 0.1) is 11.9 Å². The van der Waals surface area contributed by atoms with E-state index >= 15 is 0 Å².